The number of hydrogen-bond acceptors (Lipinski definition) is 2. The molecule has 1 aliphatic heterocycles. The van der Waals surface area contributed by atoms with Gasteiger partial charge in [-0.05, 0) is 37.1 Å². The Morgan fingerprint density at radius 1 is 1.24 bits per heavy atom. The van der Waals surface area contributed by atoms with Crippen LogP contribution in [0, 0.1) is 6.92 Å². The Labute approximate surface area is 157 Å². The molecule has 0 fully saturated rings. The molecular weight excluding hydrogens is 357 g/mol. The summed E-state index contributed by atoms with van der Waals surface area (Å²) in [6.45, 7) is 5.73. The standard InChI is InChI=1S/C20H19Cl2NO2/c1-4-5-15(13-7-9-17(21)18(22)11-13)20(25)16-8-6-12(2)10-14(16)19(24)23(20)3/h4,6-11,15,25H,1,5H2,2-3H3. The third-order valence-electron chi connectivity index (χ3n) is 4.85. The molecule has 130 valence electrons. The van der Waals surface area contributed by atoms with Gasteiger partial charge in [0.2, 0.25) is 0 Å². The van der Waals surface area contributed by atoms with Crippen LogP contribution in [0.25, 0.3) is 0 Å². The predicted molar refractivity (Wildman–Crippen MR) is 101 cm³/mol. The molecule has 0 spiro atoms. The van der Waals surface area contributed by atoms with Crippen molar-refractivity contribution in [1.82, 2.24) is 4.90 Å². The second-order valence-corrected chi connectivity index (χ2v) is 7.20. The number of aliphatic hydroxyl groups is 1. The average molecular weight is 376 g/mol. The molecule has 2 unspecified atom stereocenters. The SMILES string of the molecule is C=CCC(c1ccc(Cl)c(Cl)c1)C1(O)c2ccc(C)cc2C(=O)N1C. The van der Waals surface area contributed by atoms with E-state index in [9.17, 15) is 9.90 Å². The van der Waals surface area contributed by atoms with E-state index in [0.717, 1.165) is 11.1 Å². The first-order valence-electron chi connectivity index (χ1n) is 7.98. The Balaban J connectivity index is 2.20. The van der Waals surface area contributed by atoms with Gasteiger partial charge in [0.05, 0.1) is 10.0 Å². The van der Waals surface area contributed by atoms with Crippen LogP contribution in [0.2, 0.25) is 10.0 Å². The van der Waals surface area contributed by atoms with Gasteiger partial charge in [-0.15, -0.1) is 6.58 Å². The molecule has 0 aromatic heterocycles. The van der Waals surface area contributed by atoms with Crippen LogP contribution < -0.4 is 0 Å². The molecule has 0 bridgehead atoms. The van der Waals surface area contributed by atoms with Crippen molar-refractivity contribution in [2.24, 2.45) is 0 Å². The fourth-order valence-electron chi connectivity index (χ4n) is 3.52. The maximum Gasteiger partial charge on any atom is 0.256 e. The van der Waals surface area contributed by atoms with Gasteiger partial charge in [-0.25, -0.2) is 0 Å². The quantitative estimate of drug-likeness (QED) is 0.772. The van der Waals surface area contributed by atoms with E-state index in [4.69, 9.17) is 23.2 Å². The first kappa shape index (κ1) is 18.0. The van der Waals surface area contributed by atoms with Crippen molar-refractivity contribution in [3.05, 3.63) is 81.4 Å². The number of rotatable bonds is 4. The number of amides is 1. The molecule has 2 aromatic rings. The van der Waals surface area contributed by atoms with Crippen LogP contribution in [0.15, 0.2) is 49.1 Å². The topological polar surface area (TPSA) is 40.5 Å². The molecule has 2 aromatic carbocycles. The van der Waals surface area contributed by atoms with Crippen LogP contribution in [0.5, 0.6) is 0 Å². The largest absolute Gasteiger partial charge is 0.366 e. The monoisotopic (exact) mass is 375 g/mol. The Kier molecular flexibility index (Phi) is 4.67. The van der Waals surface area contributed by atoms with Crippen molar-refractivity contribution in [2.75, 3.05) is 7.05 Å². The van der Waals surface area contributed by atoms with Gasteiger partial charge >= 0.3 is 0 Å². The van der Waals surface area contributed by atoms with Gasteiger partial charge in [0.1, 0.15) is 0 Å². The summed E-state index contributed by atoms with van der Waals surface area (Å²) < 4.78 is 0. The first-order chi connectivity index (χ1) is 11.8. The summed E-state index contributed by atoms with van der Waals surface area (Å²) in [4.78, 5) is 14.1. The highest BCUT2D eigenvalue weighted by molar-refractivity contribution is 6.42. The van der Waals surface area contributed by atoms with E-state index in [0.29, 0.717) is 27.6 Å². The molecule has 0 saturated carbocycles. The summed E-state index contributed by atoms with van der Waals surface area (Å²) in [6, 6.07) is 10.8. The first-order valence-corrected chi connectivity index (χ1v) is 8.73. The number of aryl methyl sites for hydroxylation is 1. The zero-order valence-electron chi connectivity index (χ0n) is 14.1. The molecule has 2 atom stereocenters. The number of benzene rings is 2. The van der Waals surface area contributed by atoms with Crippen LogP contribution in [0.4, 0.5) is 0 Å². The third-order valence-corrected chi connectivity index (χ3v) is 5.59. The molecule has 1 aliphatic rings. The molecule has 0 radical (unpaired) electrons. The van der Waals surface area contributed by atoms with Crippen molar-refractivity contribution >= 4 is 29.1 Å². The minimum Gasteiger partial charge on any atom is -0.366 e. The fraction of sp³-hybridized carbons (Fsp3) is 0.250. The van der Waals surface area contributed by atoms with Gasteiger partial charge in [0.25, 0.3) is 5.91 Å². The minimum atomic E-state index is -1.48. The van der Waals surface area contributed by atoms with Crippen LogP contribution >= 0.6 is 23.2 Å². The van der Waals surface area contributed by atoms with Crippen molar-refractivity contribution < 1.29 is 9.90 Å². The summed E-state index contributed by atoms with van der Waals surface area (Å²) in [5.41, 5.74) is 1.41. The lowest BCUT2D eigenvalue weighted by atomic mass is 9.81. The van der Waals surface area contributed by atoms with E-state index in [1.54, 1.807) is 25.3 Å². The number of allylic oxidation sites excluding steroid dienone is 1. The Hall–Kier alpha value is -1.81. The highest BCUT2D eigenvalue weighted by Gasteiger charge is 2.51. The Bertz CT molecular complexity index is 865. The van der Waals surface area contributed by atoms with E-state index in [1.165, 1.54) is 4.90 Å². The Morgan fingerprint density at radius 2 is 1.96 bits per heavy atom. The number of carbonyl (C=O) groups excluding carboxylic acids is 1. The third kappa shape index (κ3) is 2.77. The van der Waals surface area contributed by atoms with Crippen LogP contribution in [0.3, 0.4) is 0 Å². The summed E-state index contributed by atoms with van der Waals surface area (Å²) in [6.07, 6.45) is 2.20. The van der Waals surface area contributed by atoms with Gasteiger partial charge in [-0.3, -0.25) is 4.79 Å². The predicted octanol–water partition coefficient (Wildman–Crippen LogP) is 4.89. The van der Waals surface area contributed by atoms with Gasteiger partial charge in [-0.1, -0.05) is 53.0 Å². The van der Waals surface area contributed by atoms with Gasteiger partial charge in [-0.2, -0.15) is 0 Å². The highest BCUT2D eigenvalue weighted by atomic mass is 35.5. The van der Waals surface area contributed by atoms with Crippen LogP contribution in [0.1, 0.15) is 39.4 Å². The lowest BCUT2D eigenvalue weighted by Gasteiger charge is -2.39. The summed E-state index contributed by atoms with van der Waals surface area (Å²) in [5.74, 6) is -0.618. The van der Waals surface area contributed by atoms with Crippen LogP contribution in [-0.4, -0.2) is 23.0 Å². The molecule has 1 amide bonds. The summed E-state index contributed by atoms with van der Waals surface area (Å²) >= 11 is 12.2. The molecule has 0 saturated heterocycles. The maximum atomic E-state index is 12.7. The van der Waals surface area contributed by atoms with Crippen LogP contribution in [-0.2, 0) is 5.72 Å². The van der Waals surface area contributed by atoms with Gasteiger partial charge in [0, 0.05) is 24.1 Å². The van der Waals surface area contributed by atoms with Gasteiger partial charge < -0.3 is 10.0 Å². The van der Waals surface area contributed by atoms with Crippen molar-refractivity contribution in [3.8, 4) is 0 Å². The summed E-state index contributed by atoms with van der Waals surface area (Å²) in [5, 5.41) is 12.5. The molecular formula is C20H19Cl2NO2. The van der Waals surface area contributed by atoms with E-state index < -0.39 is 11.6 Å². The number of nitrogens with zero attached hydrogens (tertiary/aromatic N) is 1. The van der Waals surface area contributed by atoms with E-state index in [1.807, 2.05) is 31.2 Å². The molecule has 0 aliphatic carbocycles. The molecule has 1 N–H and O–H groups in total. The fourth-order valence-corrected chi connectivity index (χ4v) is 3.83. The number of fused-ring (bicyclic) bond motifs is 1. The molecule has 3 nitrogen and oxygen atoms in total. The van der Waals surface area contributed by atoms with E-state index >= 15 is 0 Å². The number of hydrogen-bond donors (Lipinski definition) is 1. The maximum absolute atomic E-state index is 12.7. The number of likely N-dealkylation sites (N-methyl/N-ethyl adjacent to an activating group) is 1. The lowest BCUT2D eigenvalue weighted by molar-refractivity contribution is -0.0935. The second kappa shape index (κ2) is 6.49. The average Bonchev–Trinajstić information content (AvgIpc) is 2.77. The minimum absolute atomic E-state index is 0.199. The van der Waals surface area contributed by atoms with Crippen molar-refractivity contribution in [1.29, 1.82) is 0 Å². The smallest absolute Gasteiger partial charge is 0.256 e. The zero-order chi connectivity index (χ0) is 18.4. The second-order valence-electron chi connectivity index (χ2n) is 6.39. The normalized spacial score (nSPS) is 20.5. The number of carbonyl (C=O) groups is 1. The molecule has 25 heavy (non-hydrogen) atoms. The lowest BCUT2D eigenvalue weighted by Crippen LogP contribution is -2.45. The van der Waals surface area contributed by atoms with E-state index in [2.05, 4.69) is 6.58 Å². The zero-order valence-corrected chi connectivity index (χ0v) is 15.6. The highest BCUT2D eigenvalue weighted by Crippen LogP contribution is 2.48. The summed E-state index contributed by atoms with van der Waals surface area (Å²) in [7, 11) is 1.62. The number of halogens is 2. The molecule has 3 rings (SSSR count). The molecule has 5 heteroatoms. The van der Waals surface area contributed by atoms with E-state index in [-0.39, 0.29) is 5.91 Å². The van der Waals surface area contributed by atoms with Crippen molar-refractivity contribution in [2.45, 2.75) is 25.0 Å². The van der Waals surface area contributed by atoms with Crippen molar-refractivity contribution in [3.63, 3.8) is 0 Å². The Morgan fingerprint density at radius 3 is 2.60 bits per heavy atom. The van der Waals surface area contributed by atoms with Gasteiger partial charge in [0.15, 0.2) is 5.72 Å². The molecule has 1 heterocycles.